The van der Waals surface area contributed by atoms with Gasteiger partial charge in [0.1, 0.15) is 0 Å². The van der Waals surface area contributed by atoms with Crippen LogP contribution in [0.2, 0.25) is 10.0 Å². The van der Waals surface area contributed by atoms with Crippen LogP contribution in [0, 0.1) is 0 Å². The number of hydrogen-bond acceptors (Lipinski definition) is 3. The van der Waals surface area contributed by atoms with Gasteiger partial charge in [-0.25, -0.2) is 4.98 Å². The Morgan fingerprint density at radius 1 is 0.857 bits per heavy atom. The summed E-state index contributed by atoms with van der Waals surface area (Å²) in [5, 5.41) is 4.47. The molecule has 0 saturated heterocycles. The number of halogens is 2. The Morgan fingerprint density at radius 3 is 1.71 bits per heavy atom. The van der Waals surface area contributed by atoms with Gasteiger partial charge in [0.15, 0.2) is 11.9 Å². The molecule has 0 atom stereocenters. The maximum atomic E-state index is 13.8. The van der Waals surface area contributed by atoms with Crippen molar-refractivity contribution in [3.05, 3.63) is 70.2 Å². The summed E-state index contributed by atoms with van der Waals surface area (Å²) in [6.07, 6.45) is 1.67. The molecule has 2 aromatic carbocycles. The second-order valence-corrected chi connectivity index (χ2v) is 9.12. The fourth-order valence-electron chi connectivity index (χ4n) is 2.04. The topological polar surface area (TPSA) is 30.0 Å². The molecular weight excluding hydrogens is 344 g/mol. The first-order valence-electron chi connectivity index (χ1n) is 6.13. The second kappa shape index (κ2) is 5.94. The summed E-state index contributed by atoms with van der Waals surface area (Å²) in [7, 11) is -2.98. The van der Waals surface area contributed by atoms with E-state index < -0.39 is 7.14 Å². The average Bonchev–Trinajstić information content (AvgIpc) is 3.02. The highest BCUT2D eigenvalue weighted by Crippen LogP contribution is 2.43. The molecule has 0 N–H and O–H groups in total. The number of nitrogens with zero attached hydrogens (tertiary/aromatic N) is 1. The third-order valence-corrected chi connectivity index (χ3v) is 7.94. The number of benzene rings is 2. The van der Waals surface area contributed by atoms with Crippen molar-refractivity contribution in [2.24, 2.45) is 0 Å². The van der Waals surface area contributed by atoms with Gasteiger partial charge in [0, 0.05) is 32.2 Å². The van der Waals surface area contributed by atoms with E-state index in [2.05, 4.69) is 4.98 Å². The Labute approximate surface area is 136 Å². The summed E-state index contributed by atoms with van der Waals surface area (Å²) in [5.74, 6) is 0. The van der Waals surface area contributed by atoms with Gasteiger partial charge >= 0.3 is 0 Å². The quantitative estimate of drug-likeness (QED) is 0.663. The molecule has 0 amide bonds. The normalized spacial score (nSPS) is 11.5. The maximum absolute atomic E-state index is 13.8. The molecule has 2 nitrogen and oxygen atoms in total. The molecule has 21 heavy (non-hydrogen) atoms. The average molecular weight is 354 g/mol. The Hall–Kier alpha value is -1.12. The van der Waals surface area contributed by atoms with Crippen LogP contribution in [0.4, 0.5) is 0 Å². The van der Waals surface area contributed by atoms with Crippen molar-refractivity contribution in [1.82, 2.24) is 4.98 Å². The highest BCUT2D eigenvalue weighted by Gasteiger charge is 2.32. The van der Waals surface area contributed by atoms with E-state index in [9.17, 15) is 4.57 Å². The van der Waals surface area contributed by atoms with Gasteiger partial charge in [0.2, 0.25) is 0 Å². The van der Waals surface area contributed by atoms with Crippen molar-refractivity contribution in [2.45, 2.75) is 0 Å². The van der Waals surface area contributed by atoms with Crippen LogP contribution in [0.1, 0.15) is 0 Å². The fraction of sp³-hybridized carbons (Fsp3) is 0. The minimum atomic E-state index is -2.98. The highest BCUT2D eigenvalue weighted by atomic mass is 35.5. The summed E-state index contributed by atoms with van der Waals surface area (Å²) in [6, 6.07) is 14.1. The first-order chi connectivity index (χ1) is 10.1. The zero-order valence-corrected chi connectivity index (χ0v) is 14.0. The SMILES string of the molecule is O=P(c1ccc(Cl)cc1)(c1ccc(Cl)cc1)c1nccs1. The van der Waals surface area contributed by atoms with Gasteiger partial charge in [-0.3, -0.25) is 0 Å². The number of aromatic nitrogens is 1. The summed E-state index contributed by atoms with van der Waals surface area (Å²) in [6.45, 7) is 0. The van der Waals surface area contributed by atoms with Crippen LogP contribution in [0.25, 0.3) is 0 Å². The van der Waals surface area contributed by atoms with E-state index in [-0.39, 0.29) is 0 Å². The Morgan fingerprint density at radius 2 is 1.33 bits per heavy atom. The molecule has 1 heterocycles. The lowest BCUT2D eigenvalue weighted by molar-refractivity contribution is 0.592. The highest BCUT2D eigenvalue weighted by molar-refractivity contribution is 7.88. The number of rotatable bonds is 3. The zero-order chi connectivity index (χ0) is 14.9. The molecule has 0 bridgehead atoms. The van der Waals surface area contributed by atoms with Crippen LogP contribution in [0.3, 0.4) is 0 Å². The monoisotopic (exact) mass is 353 g/mol. The van der Waals surface area contributed by atoms with E-state index in [1.165, 1.54) is 11.3 Å². The molecule has 6 heteroatoms. The second-order valence-electron chi connectivity index (χ2n) is 4.38. The lowest BCUT2D eigenvalue weighted by Gasteiger charge is -2.17. The summed E-state index contributed by atoms with van der Waals surface area (Å²) in [5.41, 5.74) is 0. The molecule has 0 aliphatic rings. The predicted octanol–water partition coefficient (Wildman–Crippen LogP) is 4.09. The molecule has 0 unspecified atom stereocenters. The smallest absolute Gasteiger partial charge is 0.198 e. The van der Waals surface area contributed by atoms with E-state index >= 15 is 0 Å². The van der Waals surface area contributed by atoms with E-state index in [1.807, 2.05) is 5.38 Å². The minimum Gasteiger partial charge on any atom is -0.306 e. The third-order valence-electron chi connectivity index (χ3n) is 3.07. The Bertz CT molecular complexity index is 736. The third kappa shape index (κ3) is 2.79. The van der Waals surface area contributed by atoms with Crippen LogP contribution in [-0.4, -0.2) is 4.98 Å². The summed E-state index contributed by atoms with van der Waals surface area (Å²) >= 11 is 13.3. The van der Waals surface area contributed by atoms with Crippen LogP contribution in [0.15, 0.2) is 60.1 Å². The largest absolute Gasteiger partial charge is 0.306 e. The van der Waals surface area contributed by atoms with Gasteiger partial charge in [0.05, 0.1) is 0 Å². The predicted molar refractivity (Wildman–Crippen MR) is 91.5 cm³/mol. The first kappa shape index (κ1) is 14.8. The van der Waals surface area contributed by atoms with E-state index in [4.69, 9.17) is 23.2 Å². The summed E-state index contributed by atoms with van der Waals surface area (Å²) in [4.78, 5) is 4.28. The molecular formula is C15H10Cl2NOPS. The van der Waals surface area contributed by atoms with Crippen molar-refractivity contribution >= 4 is 57.0 Å². The van der Waals surface area contributed by atoms with Crippen LogP contribution in [0.5, 0.6) is 0 Å². The lowest BCUT2D eigenvalue weighted by atomic mass is 10.4. The van der Waals surface area contributed by atoms with Gasteiger partial charge in [-0.05, 0) is 48.5 Å². The molecule has 3 aromatic rings. The van der Waals surface area contributed by atoms with Gasteiger partial charge in [-0.2, -0.15) is 0 Å². The fourth-order valence-corrected chi connectivity index (χ4v) is 6.18. The van der Waals surface area contributed by atoms with Crippen LogP contribution in [-0.2, 0) is 4.57 Å². The number of hydrogen-bond donors (Lipinski definition) is 0. The van der Waals surface area contributed by atoms with E-state index in [0.717, 1.165) is 0 Å². The lowest BCUT2D eigenvalue weighted by Crippen LogP contribution is -2.24. The standard InChI is InChI=1S/C15H10Cl2NOPS/c16-11-1-5-13(6-2-11)20(19,15-18-9-10-21-15)14-7-3-12(17)4-8-14/h1-10H. The van der Waals surface area contributed by atoms with Gasteiger partial charge < -0.3 is 4.57 Å². The molecule has 0 fully saturated rings. The molecule has 0 spiro atoms. The zero-order valence-electron chi connectivity index (χ0n) is 10.7. The van der Waals surface area contributed by atoms with Crippen molar-refractivity contribution in [2.75, 3.05) is 0 Å². The molecule has 106 valence electrons. The minimum absolute atomic E-state index is 0.604. The van der Waals surface area contributed by atoms with Gasteiger partial charge in [0.25, 0.3) is 0 Å². The Balaban J connectivity index is 2.23. The first-order valence-corrected chi connectivity index (χ1v) is 9.47. The van der Waals surface area contributed by atoms with Crippen molar-refractivity contribution in [3.8, 4) is 0 Å². The van der Waals surface area contributed by atoms with Gasteiger partial charge in [-0.15, -0.1) is 11.3 Å². The molecule has 0 aliphatic carbocycles. The molecule has 0 aliphatic heterocycles. The van der Waals surface area contributed by atoms with Crippen molar-refractivity contribution in [1.29, 1.82) is 0 Å². The van der Waals surface area contributed by atoms with Crippen LogP contribution >= 0.6 is 41.7 Å². The maximum Gasteiger partial charge on any atom is 0.198 e. The summed E-state index contributed by atoms with van der Waals surface area (Å²) < 4.78 is 14.4. The molecule has 0 radical (unpaired) electrons. The van der Waals surface area contributed by atoms with Gasteiger partial charge in [-0.1, -0.05) is 23.2 Å². The van der Waals surface area contributed by atoms with Crippen LogP contribution < -0.4 is 15.4 Å². The molecule has 0 saturated carbocycles. The Kier molecular flexibility index (Phi) is 4.19. The van der Waals surface area contributed by atoms with E-state index in [0.29, 0.717) is 25.4 Å². The van der Waals surface area contributed by atoms with E-state index in [1.54, 1.807) is 54.7 Å². The molecule has 1 aromatic heterocycles. The molecule has 3 rings (SSSR count). The number of thiazole rings is 1. The van der Waals surface area contributed by atoms with Crippen molar-refractivity contribution < 1.29 is 4.57 Å². The van der Waals surface area contributed by atoms with Crippen molar-refractivity contribution in [3.63, 3.8) is 0 Å².